The minimum Gasteiger partial charge on any atom is -0.319 e. The van der Waals surface area contributed by atoms with E-state index in [9.17, 15) is 14.0 Å². The maximum absolute atomic E-state index is 14.4. The Hall–Kier alpha value is -3.80. The molecular weight excluding hydrogens is 369 g/mol. The Morgan fingerprint density at radius 2 is 1.72 bits per heavy atom. The van der Waals surface area contributed by atoms with Crippen molar-refractivity contribution in [1.29, 1.82) is 0 Å². The molecule has 0 aliphatic heterocycles. The number of hydrogen-bond acceptors (Lipinski definition) is 3. The number of nitrogens with one attached hydrogen (secondary N) is 1. The van der Waals surface area contributed by atoms with E-state index in [2.05, 4.69) is 10.3 Å². The highest BCUT2D eigenvalue weighted by molar-refractivity contribution is 6.04. The van der Waals surface area contributed by atoms with Crippen LogP contribution in [-0.2, 0) is 0 Å². The van der Waals surface area contributed by atoms with Crippen LogP contribution in [0.1, 0.15) is 21.7 Å². The standard InChI is InChI=1S/C23H18FN3O2/c1-14-7-9-16(10-8-14)22(28)26-21-13-17(11-12-19(21)24)27-15(2)25-20-6-4-3-5-18(20)23(27)29/h3-13H,1-2H3,(H,26,28). The summed E-state index contributed by atoms with van der Waals surface area (Å²) in [4.78, 5) is 29.9. The van der Waals surface area contributed by atoms with Crippen molar-refractivity contribution in [3.8, 4) is 5.69 Å². The van der Waals surface area contributed by atoms with Crippen molar-refractivity contribution in [2.75, 3.05) is 5.32 Å². The third-order valence-electron chi connectivity index (χ3n) is 4.71. The fraction of sp³-hybridized carbons (Fsp3) is 0.0870. The van der Waals surface area contributed by atoms with Crippen molar-refractivity contribution in [3.63, 3.8) is 0 Å². The fourth-order valence-corrected chi connectivity index (χ4v) is 3.20. The zero-order valence-electron chi connectivity index (χ0n) is 15.9. The molecule has 0 saturated carbocycles. The average Bonchev–Trinajstić information content (AvgIpc) is 2.71. The Kier molecular flexibility index (Phi) is 4.68. The van der Waals surface area contributed by atoms with Crippen LogP contribution >= 0.6 is 0 Å². The molecule has 0 saturated heterocycles. The first kappa shape index (κ1) is 18.6. The summed E-state index contributed by atoms with van der Waals surface area (Å²) in [5.41, 5.74) is 2.20. The van der Waals surface area contributed by atoms with Gasteiger partial charge in [-0.2, -0.15) is 0 Å². The van der Waals surface area contributed by atoms with Gasteiger partial charge >= 0.3 is 0 Å². The summed E-state index contributed by atoms with van der Waals surface area (Å²) < 4.78 is 15.8. The zero-order chi connectivity index (χ0) is 20.5. The Balaban J connectivity index is 1.76. The van der Waals surface area contributed by atoms with Gasteiger partial charge in [0, 0.05) is 5.56 Å². The lowest BCUT2D eigenvalue weighted by Gasteiger charge is -2.13. The van der Waals surface area contributed by atoms with E-state index in [1.54, 1.807) is 37.3 Å². The van der Waals surface area contributed by atoms with Crippen molar-refractivity contribution in [2.24, 2.45) is 0 Å². The molecular formula is C23H18FN3O2. The quantitative estimate of drug-likeness (QED) is 0.567. The minimum absolute atomic E-state index is 0.00691. The van der Waals surface area contributed by atoms with Gasteiger partial charge in [0.25, 0.3) is 11.5 Å². The largest absolute Gasteiger partial charge is 0.319 e. The van der Waals surface area contributed by atoms with Crippen molar-refractivity contribution in [2.45, 2.75) is 13.8 Å². The number of benzene rings is 3. The number of halogens is 1. The van der Waals surface area contributed by atoms with Crippen LogP contribution in [0.25, 0.3) is 16.6 Å². The molecule has 0 spiro atoms. The molecule has 5 nitrogen and oxygen atoms in total. The lowest BCUT2D eigenvalue weighted by molar-refractivity contribution is 0.102. The lowest BCUT2D eigenvalue weighted by Crippen LogP contribution is -2.22. The molecule has 4 aromatic rings. The number of para-hydroxylation sites is 1. The molecule has 0 fully saturated rings. The molecule has 0 aliphatic rings. The molecule has 0 radical (unpaired) electrons. The van der Waals surface area contributed by atoms with Gasteiger partial charge in [0.2, 0.25) is 0 Å². The maximum Gasteiger partial charge on any atom is 0.265 e. The first-order valence-corrected chi connectivity index (χ1v) is 9.10. The maximum atomic E-state index is 14.4. The van der Waals surface area contributed by atoms with E-state index >= 15 is 0 Å². The van der Waals surface area contributed by atoms with Gasteiger partial charge in [0.1, 0.15) is 11.6 Å². The topological polar surface area (TPSA) is 64.0 Å². The van der Waals surface area contributed by atoms with Gasteiger partial charge in [0.15, 0.2) is 0 Å². The third kappa shape index (κ3) is 3.52. The molecule has 0 unspecified atom stereocenters. The molecule has 0 atom stereocenters. The first-order valence-electron chi connectivity index (χ1n) is 9.10. The van der Waals surface area contributed by atoms with Gasteiger partial charge in [-0.05, 0) is 56.3 Å². The van der Waals surface area contributed by atoms with Crippen molar-refractivity contribution in [3.05, 3.63) is 99.9 Å². The van der Waals surface area contributed by atoms with Crippen LogP contribution < -0.4 is 10.9 Å². The predicted octanol–water partition coefficient (Wildman–Crippen LogP) is 4.39. The van der Waals surface area contributed by atoms with Crippen LogP contribution in [0.4, 0.5) is 10.1 Å². The number of anilines is 1. The van der Waals surface area contributed by atoms with Crippen LogP contribution in [0.5, 0.6) is 0 Å². The highest BCUT2D eigenvalue weighted by Crippen LogP contribution is 2.21. The first-order chi connectivity index (χ1) is 13.9. The summed E-state index contributed by atoms with van der Waals surface area (Å²) in [6, 6.07) is 18.2. The highest BCUT2D eigenvalue weighted by atomic mass is 19.1. The molecule has 0 aliphatic carbocycles. The predicted molar refractivity (Wildman–Crippen MR) is 111 cm³/mol. The third-order valence-corrected chi connectivity index (χ3v) is 4.71. The van der Waals surface area contributed by atoms with Gasteiger partial charge in [-0.1, -0.05) is 29.8 Å². The molecule has 3 aromatic carbocycles. The van der Waals surface area contributed by atoms with Crippen LogP contribution in [0.15, 0.2) is 71.5 Å². The molecule has 144 valence electrons. The fourth-order valence-electron chi connectivity index (χ4n) is 3.20. The summed E-state index contributed by atoms with van der Waals surface area (Å²) in [5, 5.41) is 3.05. The van der Waals surface area contributed by atoms with Gasteiger partial charge in [-0.15, -0.1) is 0 Å². The number of carbonyl (C=O) groups excluding carboxylic acids is 1. The van der Waals surface area contributed by atoms with Crippen LogP contribution in [0.3, 0.4) is 0 Å². The zero-order valence-corrected chi connectivity index (χ0v) is 15.9. The van der Waals surface area contributed by atoms with E-state index in [-0.39, 0.29) is 11.2 Å². The number of amides is 1. The van der Waals surface area contributed by atoms with Crippen LogP contribution in [0.2, 0.25) is 0 Å². The van der Waals surface area contributed by atoms with Gasteiger partial charge in [-0.25, -0.2) is 9.37 Å². The van der Waals surface area contributed by atoms with E-state index in [1.807, 2.05) is 25.1 Å². The molecule has 0 bridgehead atoms. The number of rotatable bonds is 3. The summed E-state index contributed by atoms with van der Waals surface area (Å²) in [5.74, 6) is -0.550. The molecule has 29 heavy (non-hydrogen) atoms. The highest BCUT2D eigenvalue weighted by Gasteiger charge is 2.14. The van der Waals surface area contributed by atoms with Crippen molar-refractivity contribution in [1.82, 2.24) is 9.55 Å². The average molecular weight is 387 g/mol. The Morgan fingerprint density at radius 3 is 2.48 bits per heavy atom. The van der Waals surface area contributed by atoms with Crippen molar-refractivity contribution >= 4 is 22.5 Å². The second-order valence-corrected chi connectivity index (χ2v) is 6.80. The Bertz CT molecular complexity index is 1290. The normalized spacial score (nSPS) is 10.9. The van der Waals surface area contributed by atoms with Crippen LogP contribution in [0, 0.1) is 19.7 Å². The molecule has 4 rings (SSSR count). The van der Waals surface area contributed by atoms with Crippen molar-refractivity contribution < 1.29 is 9.18 Å². The van der Waals surface area contributed by atoms with Gasteiger partial charge in [0.05, 0.1) is 22.3 Å². The Morgan fingerprint density at radius 1 is 1.00 bits per heavy atom. The lowest BCUT2D eigenvalue weighted by atomic mass is 10.1. The second kappa shape index (κ2) is 7.31. The van der Waals surface area contributed by atoms with E-state index in [4.69, 9.17) is 0 Å². The SMILES string of the molecule is Cc1ccc(C(=O)Nc2cc(-n3c(C)nc4ccccc4c3=O)ccc2F)cc1. The molecule has 1 heterocycles. The number of carbonyl (C=O) groups is 1. The molecule has 1 amide bonds. The molecule has 6 heteroatoms. The number of hydrogen-bond donors (Lipinski definition) is 1. The van der Waals surface area contributed by atoms with E-state index < -0.39 is 11.7 Å². The monoisotopic (exact) mass is 387 g/mol. The second-order valence-electron chi connectivity index (χ2n) is 6.80. The summed E-state index contributed by atoms with van der Waals surface area (Å²) in [6.45, 7) is 3.63. The van der Waals surface area contributed by atoms with Gasteiger partial charge < -0.3 is 5.32 Å². The summed E-state index contributed by atoms with van der Waals surface area (Å²) in [6.07, 6.45) is 0. The number of aryl methyl sites for hydroxylation is 2. The number of fused-ring (bicyclic) bond motifs is 1. The van der Waals surface area contributed by atoms with E-state index in [0.29, 0.717) is 28.0 Å². The Labute approximate surface area is 166 Å². The van der Waals surface area contributed by atoms with Crippen LogP contribution in [-0.4, -0.2) is 15.5 Å². The number of aromatic nitrogens is 2. The minimum atomic E-state index is -0.589. The number of nitrogens with zero attached hydrogens (tertiary/aromatic N) is 2. The summed E-state index contributed by atoms with van der Waals surface area (Å²) in [7, 11) is 0. The molecule has 1 N–H and O–H groups in total. The van der Waals surface area contributed by atoms with E-state index in [0.717, 1.165) is 5.56 Å². The van der Waals surface area contributed by atoms with E-state index in [1.165, 1.54) is 22.8 Å². The van der Waals surface area contributed by atoms with Gasteiger partial charge in [-0.3, -0.25) is 14.2 Å². The smallest absolute Gasteiger partial charge is 0.265 e. The molecule has 1 aromatic heterocycles. The summed E-state index contributed by atoms with van der Waals surface area (Å²) >= 11 is 0.